The number of benzene rings is 1. The largest absolute Gasteiger partial charge is 0.282 e. The smallest absolute Gasteiger partial charge is 0.157 e. The number of hydrogen-bond acceptors (Lipinski definition) is 3. The monoisotopic (exact) mass is 308 g/mol. The summed E-state index contributed by atoms with van der Waals surface area (Å²) in [5.41, 5.74) is 1.89. The molecule has 0 atom stereocenters. The average Bonchev–Trinajstić information content (AvgIpc) is 2.77. The van der Waals surface area contributed by atoms with E-state index in [1.54, 1.807) is 6.33 Å². The van der Waals surface area contributed by atoms with Crippen molar-refractivity contribution in [2.75, 3.05) is 0 Å². The van der Waals surface area contributed by atoms with Gasteiger partial charge in [0, 0.05) is 0 Å². The Morgan fingerprint density at radius 2 is 1.94 bits per heavy atom. The Morgan fingerprint density at radius 3 is 2.82 bits per heavy atom. The molecule has 3 rings (SSSR count). The van der Waals surface area contributed by atoms with E-state index >= 15 is 0 Å². The molecule has 0 aliphatic carbocycles. The lowest BCUT2D eigenvalue weighted by Crippen LogP contribution is -1.98. The highest BCUT2D eigenvalue weighted by molar-refractivity contribution is 9.10. The van der Waals surface area contributed by atoms with E-state index in [0.29, 0.717) is 15.4 Å². The SMILES string of the molecule is Clc1ncnc(-n2cnc3ccccc32)c1Br. The summed E-state index contributed by atoms with van der Waals surface area (Å²) in [7, 11) is 0. The maximum absolute atomic E-state index is 5.95. The molecule has 0 fully saturated rings. The zero-order valence-electron chi connectivity index (χ0n) is 8.51. The number of rotatable bonds is 1. The molecule has 0 amide bonds. The molecule has 0 saturated carbocycles. The number of aromatic nitrogens is 4. The Morgan fingerprint density at radius 1 is 1.12 bits per heavy atom. The van der Waals surface area contributed by atoms with Crippen LogP contribution in [0.3, 0.4) is 0 Å². The first-order valence-electron chi connectivity index (χ1n) is 4.86. The lowest BCUT2D eigenvalue weighted by molar-refractivity contribution is 0.983. The molecule has 0 bridgehead atoms. The van der Waals surface area contributed by atoms with Crippen LogP contribution in [0.15, 0.2) is 41.4 Å². The molecule has 6 heteroatoms. The van der Waals surface area contributed by atoms with Crippen LogP contribution >= 0.6 is 27.5 Å². The van der Waals surface area contributed by atoms with E-state index in [4.69, 9.17) is 11.6 Å². The quantitative estimate of drug-likeness (QED) is 0.648. The molecule has 0 aliphatic heterocycles. The molecule has 0 N–H and O–H groups in total. The molecule has 84 valence electrons. The van der Waals surface area contributed by atoms with Crippen LogP contribution < -0.4 is 0 Å². The number of halogens is 2. The van der Waals surface area contributed by atoms with Crippen LogP contribution in [0.1, 0.15) is 0 Å². The van der Waals surface area contributed by atoms with E-state index in [2.05, 4.69) is 30.9 Å². The predicted molar refractivity (Wildman–Crippen MR) is 69.4 cm³/mol. The van der Waals surface area contributed by atoms with Gasteiger partial charge in [0.05, 0.1) is 15.5 Å². The van der Waals surface area contributed by atoms with Crippen molar-refractivity contribution >= 4 is 38.6 Å². The van der Waals surface area contributed by atoms with Crippen molar-refractivity contribution in [2.24, 2.45) is 0 Å². The Labute approximate surface area is 110 Å². The van der Waals surface area contributed by atoms with E-state index in [0.717, 1.165) is 11.0 Å². The first kappa shape index (κ1) is 10.7. The van der Waals surface area contributed by atoms with E-state index in [9.17, 15) is 0 Å². The summed E-state index contributed by atoms with van der Waals surface area (Å²) in [6, 6.07) is 7.83. The second-order valence-corrected chi connectivity index (χ2v) is 4.56. The molecule has 0 unspecified atom stereocenters. The standard InChI is InChI=1S/C11H6BrClN4/c12-9-10(13)14-5-15-11(9)17-6-16-7-3-1-2-4-8(7)17/h1-6H. The van der Waals surface area contributed by atoms with E-state index in [1.165, 1.54) is 6.33 Å². The van der Waals surface area contributed by atoms with Crippen LogP contribution in [0.4, 0.5) is 0 Å². The highest BCUT2D eigenvalue weighted by atomic mass is 79.9. The molecular weight excluding hydrogens is 304 g/mol. The summed E-state index contributed by atoms with van der Waals surface area (Å²) in [6.07, 6.45) is 3.14. The van der Waals surface area contributed by atoms with E-state index < -0.39 is 0 Å². The van der Waals surface area contributed by atoms with Gasteiger partial charge in [0.2, 0.25) is 0 Å². The Hall–Kier alpha value is -1.46. The van der Waals surface area contributed by atoms with Crippen LogP contribution in [0.25, 0.3) is 16.9 Å². The number of imidazole rings is 1. The Balaban J connectivity index is 2.31. The summed E-state index contributed by atoms with van der Waals surface area (Å²) in [5, 5.41) is 0.382. The maximum atomic E-state index is 5.95. The van der Waals surface area contributed by atoms with Gasteiger partial charge in [0.15, 0.2) is 5.82 Å². The Bertz CT molecular complexity index is 695. The van der Waals surface area contributed by atoms with Crippen molar-refractivity contribution < 1.29 is 0 Å². The van der Waals surface area contributed by atoms with Gasteiger partial charge in [0.1, 0.15) is 17.8 Å². The molecule has 4 nitrogen and oxygen atoms in total. The topological polar surface area (TPSA) is 43.6 Å². The lowest BCUT2D eigenvalue weighted by Gasteiger charge is -2.05. The number of para-hydroxylation sites is 2. The van der Waals surface area contributed by atoms with Gasteiger partial charge in [-0.05, 0) is 28.1 Å². The predicted octanol–water partition coefficient (Wildman–Crippen LogP) is 3.23. The van der Waals surface area contributed by atoms with E-state index in [-0.39, 0.29) is 0 Å². The van der Waals surface area contributed by atoms with Gasteiger partial charge in [-0.25, -0.2) is 15.0 Å². The normalized spacial score (nSPS) is 10.9. The van der Waals surface area contributed by atoms with Crippen molar-refractivity contribution in [2.45, 2.75) is 0 Å². The third kappa shape index (κ3) is 1.71. The molecular formula is C11H6BrClN4. The fourth-order valence-electron chi connectivity index (χ4n) is 1.64. The summed E-state index contributed by atoms with van der Waals surface area (Å²) >= 11 is 9.33. The van der Waals surface area contributed by atoms with Crippen LogP contribution in [-0.4, -0.2) is 19.5 Å². The molecule has 17 heavy (non-hydrogen) atoms. The molecule has 2 aromatic heterocycles. The highest BCUT2D eigenvalue weighted by Crippen LogP contribution is 2.27. The minimum absolute atomic E-state index is 0.382. The molecule has 0 radical (unpaired) electrons. The van der Waals surface area contributed by atoms with Gasteiger partial charge >= 0.3 is 0 Å². The fourth-order valence-corrected chi connectivity index (χ4v) is 2.16. The fraction of sp³-hybridized carbons (Fsp3) is 0. The van der Waals surface area contributed by atoms with Crippen molar-refractivity contribution in [3.8, 4) is 5.82 Å². The highest BCUT2D eigenvalue weighted by Gasteiger charge is 2.11. The molecule has 0 aliphatic rings. The third-order valence-electron chi connectivity index (χ3n) is 2.41. The lowest BCUT2D eigenvalue weighted by atomic mass is 10.3. The van der Waals surface area contributed by atoms with Gasteiger partial charge in [-0.1, -0.05) is 23.7 Å². The summed E-state index contributed by atoms with van der Waals surface area (Å²) in [4.78, 5) is 12.4. The van der Waals surface area contributed by atoms with Crippen LogP contribution in [0, 0.1) is 0 Å². The van der Waals surface area contributed by atoms with Gasteiger partial charge in [-0.15, -0.1) is 0 Å². The first-order chi connectivity index (χ1) is 8.27. The van der Waals surface area contributed by atoms with Crippen molar-refractivity contribution in [3.05, 3.63) is 46.5 Å². The van der Waals surface area contributed by atoms with Crippen LogP contribution in [0.2, 0.25) is 5.15 Å². The zero-order valence-corrected chi connectivity index (χ0v) is 10.9. The van der Waals surface area contributed by atoms with Gasteiger partial charge in [-0.3, -0.25) is 4.57 Å². The van der Waals surface area contributed by atoms with Gasteiger partial charge in [-0.2, -0.15) is 0 Å². The minimum atomic E-state index is 0.382. The van der Waals surface area contributed by atoms with Crippen LogP contribution in [0.5, 0.6) is 0 Å². The summed E-state index contributed by atoms with van der Waals surface area (Å²) in [5.74, 6) is 0.679. The maximum Gasteiger partial charge on any atom is 0.157 e. The summed E-state index contributed by atoms with van der Waals surface area (Å²) in [6.45, 7) is 0. The summed E-state index contributed by atoms with van der Waals surface area (Å²) < 4.78 is 2.53. The number of hydrogen-bond donors (Lipinski definition) is 0. The first-order valence-corrected chi connectivity index (χ1v) is 6.03. The molecule has 3 aromatic rings. The number of fused-ring (bicyclic) bond motifs is 1. The second kappa shape index (κ2) is 4.09. The molecule has 2 heterocycles. The van der Waals surface area contributed by atoms with Gasteiger partial charge < -0.3 is 0 Å². The number of nitrogens with zero attached hydrogens (tertiary/aromatic N) is 4. The van der Waals surface area contributed by atoms with Crippen molar-refractivity contribution in [1.82, 2.24) is 19.5 Å². The molecule has 1 aromatic carbocycles. The molecule has 0 saturated heterocycles. The third-order valence-corrected chi connectivity index (χ3v) is 3.66. The van der Waals surface area contributed by atoms with Crippen molar-refractivity contribution in [3.63, 3.8) is 0 Å². The zero-order chi connectivity index (χ0) is 11.8. The van der Waals surface area contributed by atoms with Crippen molar-refractivity contribution in [1.29, 1.82) is 0 Å². The van der Waals surface area contributed by atoms with Gasteiger partial charge in [0.25, 0.3) is 0 Å². The molecule has 0 spiro atoms. The minimum Gasteiger partial charge on any atom is -0.282 e. The average molecular weight is 310 g/mol. The second-order valence-electron chi connectivity index (χ2n) is 3.41. The van der Waals surface area contributed by atoms with E-state index in [1.807, 2.05) is 28.8 Å². The Kier molecular flexibility index (Phi) is 2.57. The van der Waals surface area contributed by atoms with Crippen LogP contribution in [-0.2, 0) is 0 Å².